The molecule has 4 heteroatoms. The fraction of sp³-hybridized carbons (Fsp3) is 0.333. The highest BCUT2D eigenvalue weighted by atomic mass is 16.2. The molecule has 0 aliphatic heterocycles. The lowest BCUT2D eigenvalue weighted by atomic mass is 10.1. The van der Waals surface area contributed by atoms with E-state index in [1.54, 1.807) is 6.21 Å². The number of primary amides is 1. The normalized spacial score (nSPS) is 27.2. The van der Waals surface area contributed by atoms with Crippen LogP contribution in [0.5, 0.6) is 0 Å². The zero-order chi connectivity index (χ0) is 9.31. The van der Waals surface area contributed by atoms with Crippen LogP contribution in [0.3, 0.4) is 0 Å². The molecule has 1 saturated carbocycles. The Morgan fingerprint density at radius 3 is 2.92 bits per heavy atom. The minimum absolute atomic E-state index is 0.197. The molecule has 2 aliphatic carbocycles. The number of nitrogens with two attached hydrogens (primary N) is 1. The van der Waals surface area contributed by atoms with Gasteiger partial charge in [0.15, 0.2) is 0 Å². The Morgan fingerprint density at radius 2 is 2.31 bits per heavy atom. The van der Waals surface area contributed by atoms with E-state index in [1.165, 1.54) is 0 Å². The fourth-order valence-electron chi connectivity index (χ4n) is 1.61. The van der Waals surface area contributed by atoms with Crippen molar-refractivity contribution in [2.45, 2.75) is 6.42 Å². The summed E-state index contributed by atoms with van der Waals surface area (Å²) >= 11 is 0. The lowest BCUT2D eigenvalue weighted by Gasteiger charge is -1.97. The number of nitrogens with one attached hydrogen (secondary N) is 1. The Balaban J connectivity index is 1.87. The van der Waals surface area contributed by atoms with E-state index in [0.717, 1.165) is 6.42 Å². The fourth-order valence-corrected chi connectivity index (χ4v) is 1.61. The summed E-state index contributed by atoms with van der Waals surface area (Å²) in [5.41, 5.74) is 7.23. The van der Waals surface area contributed by atoms with Gasteiger partial charge in [-0.05, 0) is 6.42 Å². The number of hydrazone groups is 1. The van der Waals surface area contributed by atoms with Gasteiger partial charge < -0.3 is 5.73 Å². The van der Waals surface area contributed by atoms with E-state index in [0.29, 0.717) is 5.92 Å². The maximum atomic E-state index is 10.3. The number of allylic oxidation sites excluding steroid dienone is 4. The second-order valence-electron chi connectivity index (χ2n) is 3.40. The Kier molecular flexibility index (Phi) is 1.69. The third kappa shape index (κ3) is 1.47. The minimum atomic E-state index is -0.622. The van der Waals surface area contributed by atoms with Gasteiger partial charge in [-0.1, -0.05) is 24.3 Å². The number of carbonyl (C=O) groups is 1. The van der Waals surface area contributed by atoms with Crippen molar-refractivity contribution >= 4 is 12.2 Å². The molecular formula is C9H11N3O. The smallest absolute Gasteiger partial charge is 0.332 e. The lowest BCUT2D eigenvalue weighted by Crippen LogP contribution is -2.24. The predicted molar refractivity (Wildman–Crippen MR) is 50.0 cm³/mol. The highest BCUT2D eigenvalue weighted by Crippen LogP contribution is 2.55. The number of carbonyl (C=O) groups excluding carboxylic acids is 1. The van der Waals surface area contributed by atoms with Gasteiger partial charge in [0, 0.05) is 17.5 Å². The Labute approximate surface area is 76.2 Å². The summed E-state index contributed by atoms with van der Waals surface area (Å²) in [5.74, 6) is 0.411. The van der Waals surface area contributed by atoms with E-state index in [9.17, 15) is 4.79 Å². The highest BCUT2D eigenvalue weighted by Gasteiger charge is 2.50. The van der Waals surface area contributed by atoms with Crippen molar-refractivity contribution in [1.82, 2.24) is 5.43 Å². The van der Waals surface area contributed by atoms with Crippen molar-refractivity contribution in [1.29, 1.82) is 0 Å². The van der Waals surface area contributed by atoms with Crippen LogP contribution >= 0.6 is 0 Å². The topological polar surface area (TPSA) is 67.5 Å². The van der Waals surface area contributed by atoms with Gasteiger partial charge in [0.25, 0.3) is 0 Å². The molecule has 0 aromatic rings. The number of urea groups is 1. The molecule has 2 amide bonds. The molecule has 0 radical (unpaired) electrons. The van der Waals surface area contributed by atoms with E-state index >= 15 is 0 Å². The van der Waals surface area contributed by atoms with Crippen molar-refractivity contribution in [3.05, 3.63) is 24.3 Å². The van der Waals surface area contributed by atoms with Gasteiger partial charge in [0.05, 0.1) is 0 Å². The number of hydrogen-bond donors (Lipinski definition) is 2. The van der Waals surface area contributed by atoms with Gasteiger partial charge >= 0.3 is 6.03 Å². The van der Waals surface area contributed by atoms with E-state index in [-0.39, 0.29) is 5.41 Å². The Morgan fingerprint density at radius 1 is 1.62 bits per heavy atom. The molecule has 0 bridgehead atoms. The van der Waals surface area contributed by atoms with Gasteiger partial charge in [-0.25, -0.2) is 10.2 Å². The van der Waals surface area contributed by atoms with Crippen LogP contribution in [0.1, 0.15) is 6.42 Å². The SMILES string of the molecule is NC(=O)N/N=C/C1CC12C=CC=C2. The van der Waals surface area contributed by atoms with Gasteiger partial charge in [0.1, 0.15) is 0 Å². The Bertz CT molecular complexity index is 305. The molecule has 0 aromatic heterocycles. The predicted octanol–water partition coefficient (Wildman–Crippen LogP) is 0.773. The monoisotopic (exact) mass is 177 g/mol. The number of nitrogens with zero attached hydrogens (tertiary/aromatic N) is 1. The highest BCUT2D eigenvalue weighted by molar-refractivity contribution is 5.75. The largest absolute Gasteiger partial charge is 0.350 e. The molecule has 13 heavy (non-hydrogen) atoms. The van der Waals surface area contributed by atoms with Crippen molar-refractivity contribution < 1.29 is 4.79 Å². The molecule has 1 spiro atoms. The van der Waals surface area contributed by atoms with Gasteiger partial charge in [-0.3, -0.25) is 0 Å². The second kappa shape index (κ2) is 2.73. The van der Waals surface area contributed by atoms with E-state index < -0.39 is 6.03 Å². The maximum absolute atomic E-state index is 10.3. The van der Waals surface area contributed by atoms with Crippen LogP contribution in [-0.2, 0) is 0 Å². The molecule has 2 rings (SSSR count). The lowest BCUT2D eigenvalue weighted by molar-refractivity contribution is 0.249. The van der Waals surface area contributed by atoms with Crippen LogP contribution in [0.15, 0.2) is 29.4 Å². The average Bonchev–Trinajstić information content (AvgIpc) is 2.54. The first kappa shape index (κ1) is 8.04. The summed E-state index contributed by atoms with van der Waals surface area (Å²) in [5, 5.41) is 3.73. The third-order valence-corrected chi connectivity index (χ3v) is 2.46. The van der Waals surface area contributed by atoms with Crippen molar-refractivity contribution in [2.24, 2.45) is 22.2 Å². The molecule has 2 aliphatic rings. The van der Waals surface area contributed by atoms with Crippen molar-refractivity contribution in [3.8, 4) is 0 Å². The minimum Gasteiger partial charge on any atom is -0.350 e. The average molecular weight is 177 g/mol. The number of amides is 2. The first-order valence-electron chi connectivity index (χ1n) is 4.19. The zero-order valence-corrected chi connectivity index (χ0v) is 7.10. The molecule has 0 saturated heterocycles. The molecule has 1 atom stereocenters. The molecule has 0 heterocycles. The summed E-state index contributed by atoms with van der Waals surface area (Å²) in [4.78, 5) is 10.3. The molecule has 4 nitrogen and oxygen atoms in total. The standard InChI is InChI=1S/C9H11N3O/c10-8(13)12-11-6-7-5-9(7)3-1-2-4-9/h1-4,6-7H,5H2,(H3,10,12,13)/b11-6+. The molecule has 1 unspecified atom stereocenters. The van der Waals surface area contributed by atoms with Crippen LogP contribution in [0, 0.1) is 11.3 Å². The van der Waals surface area contributed by atoms with Crippen LogP contribution in [0.25, 0.3) is 0 Å². The first-order valence-corrected chi connectivity index (χ1v) is 4.19. The Hall–Kier alpha value is -1.58. The van der Waals surface area contributed by atoms with Crippen LogP contribution in [-0.4, -0.2) is 12.2 Å². The second-order valence-corrected chi connectivity index (χ2v) is 3.40. The van der Waals surface area contributed by atoms with Crippen LogP contribution < -0.4 is 11.2 Å². The van der Waals surface area contributed by atoms with Gasteiger partial charge in [-0.15, -0.1) is 0 Å². The first-order chi connectivity index (χ1) is 6.23. The summed E-state index contributed by atoms with van der Waals surface area (Å²) in [6, 6.07) is -0.622. The summed E-state index contributed by atoms with van der Waals surface area (Å²) < 4.78 is 0. The maximum Gasteiger partial charge on any atom is 0.332 e. The molecular weight excluding hydrogens is 166 g/mol. The third-order valence-electron chi connectivity index (χ3n) is 2.46. The number of rotatable bonds is 2. The van der Waals surface area contributed by atoms with Crippen molar-refractivity contribution in [3.63, 3.8) is 0 Å². The van der Waals surface area contributed by atoms with Gasteiger partial charge in [0.2, 0.25) is 0 Å². The van der Waals surface area contributed by atoms with E-state index in [1.807, 2.05) is 12.2 Å². The number of hydrogen-bond acceptors (Lipinski definition) is 2. The molecule has 3 N–H and O–H groups in total. The molecule has 0 aromatic carbocycles. The van der Waals surface area contributed by atoms with Gasteiger partial charge in [-0.2, -0.15) is 5.10 Å². The molecule has 68 valence electrons. The van der Waals surface area contributed by atoms with Crippen molar-refractivity contribution in [2.75, 3.05) is 0 Å². The van der Waals surface area contributed by atoms with Crippen LogP contribution in [0.2, 0.25) is 0 Å². The quantitative estimate of drug-likeness (QED) is 0.475. The molecule has 1 fully saturated rings. The van der Waals surface area contributed by atoms with Crippen LogP contribution in [0.4, 0.5) is 4.79 Å². The summed E-state index contributed by atoms with van der Waals surface area (Å²) in [6.45, 7) is 0. The van der Waals surface area contributed by atoms with E-state index in [2.05, 4.69) is 22.7 Å². The summed E-state index contributed by atoms with van der Waals surface area (Å²) in [7, 11) is 0. The van der Waals surface area contributed by atoms with E-state index in [4.69, 9.17) is 5.73 Å². The zero-order valence-electron chi connectivity index (χ0n) is 7.10. The summed E-state index contributed by atoms with van der Waals surface area (Å²) in [6.07, 6.45) is 11.2.